The van der Waals surface area contributed by atoms with Crippen molar-refractivity contribution in [3.05, 3.63) is 70.5 Å². The third-order valence-electron chi connectivity index (χ3n) is 2.81. The van der Waals surface area contributed by atoms with Gasteiger partial charge in [-0.05, 0) is 35.9 Å². The molecule has 2 aromatic rings. The van der Waals surface area contributed by atoms with Gasteiger partial charge in [0.05, 0.1) is 6.04 Å². The molecule has 0 aliphatic heterocycles. The van der Waals surface area contributed by atoms with Crippen molar-refractivity contribution in [3.8, 4) is 0 Å². The van der Waals surface area contributed by atoms with Gasteiger partial charge in [-0.25, -0.2) is 4.39 Å². The zero-order valence-corrected chi connectivity index (χ0v) is 10.9. The van der Waals surface area contributed by atoms with Crippen LogP contribution in [0.2, 0.25) is 5.02 Å². The van der Waals surface area contributed by atoms with Gasteiger partial charge in [0.2, 0.25) is 0 Å². The topological polar surface area (TPSA) is 12.0 Å². The molecule has 94 valence electrons. The van der Waals surface area contributed by atoms with Gasteiger partial charge >= 0.3 is 0 Å². The predicted octanol–water partition coefficient (Wildman–Crippen LogP) is 4.18. The van der Waals surface area contributed by atoms with Gasteiger partial charge in [0, 0.05) is 5.02 Å². The van der Waals surface area contributed by atoms with Crippen LogP contribution in [0.5, 0.6) is 0 Å². The largest absolute Gasteiger partial charge is 0.306 e. The third kappa shape index (κ3) is 2.89. The van der Waals surface area contributed by atoms with E-state index < -0.39 is 0 Å². The van der Waals surface area contributed by atoms with E-state index in [-0.39, 0.29) is 11.9 Å². The highest BCUT2D eigenvalue weighted by Gasteiger charge is 2.16. The molecule has 1 unspecified atom stereocenters. The van der Waals surface area contributed by atoms with Crippen molar-refractivity contribution in [3.63, 3.8) is 0 Å². The van der Waals surface area contributed by atoms with E-state index in [1.807, 2.05) is 37.3 Å². The number of nitrogens with one attached hydrogen (secondary N) is 1. The summed E-state index contributed by atoms with van der Waals surface area (Å²) in [5.41, 5.74) is 1.84. The fourth-order valence-corrected chi connectivity index (χ4v) is 2.22. The highest BCUT2D eigenvalue weighted by atomic mass is 35.5. The molecule has 0 aromatic heterocycles. The third-order valence-corrected chi connectivity index (χ3v) is 3.15. The zero-order valence-electron chi connectivity index (χ0n) is 10.2. The first kappa shape index (κ1) is 13.1. The minimum atomic E-state index is -0.270. The number of hydrogen-bond acceptors (Lipinski definition) is 1. The van der Waals surface area contributed by atoms with Gasteiger partial charge in [0.15, 0.2) is 0 Å². The Labute approximate surface area is 112 Å². The number of rotatable bonds is 4. The van der Waals surface area contributed by atoms with Crippen LogP contribution >= 0.6 is 11.6 Å². The molecular formula is C15H15ClFN. The highest BCUT2D eigenvalue weighted by Crippen LogP contribution is 2.28. The van der Waals surface area contributed by atoms with Gasteiger partial charge in [-0.3, -0.25) is 0 Å². The average Bonchev–Trinajstić information content (AvgIpc) is 2.40. The summed E-state index contributed by atoms with van der Waals surface area (Å²) in [6.07, 6.45) is 0. The molecule has 0 aliphatic carbocycles. The Balaban J connectivity index is 2.44. The van der Waals surface area contributed by atoms with Crippen LogP contribution in [0.1, 0.15) is 24.1 Å². The lowest BCUT2D eigenvalue weighted by atomic mass is 9.98. The van der Waals surface area contributed by atoms with Crippen LogP contribution in [-0.4, -0.2) is 6.54 Å². The van der Waals surface area contributed by atoms with Crippen molar-refractivity contribution in [2.45, 2.75) is 13.0 Å². The fourth-order valence-electron chi connectivity index (χ4n) is 1.99. The molecule has 1 N–H and O–H groups in total. The van der Waals surface area contributed by atoms with Gasteiger partial charge in [0.25, 0.3) is 0 Å². The second-order valence-electron chi connectivity index (χ2n) is 4.07. The summed E-state index contributed by atoms with van der Waals surface area (Å²) in [5.74, 6) is -0.270. The first-order chi connectivity index (χ1) is 8.72. The lowest BCUT2D eigenvalue weighted by Crippen LogP contribution is -2.22. The van der Waals surface area contributed by atoms with Gasteiger partial charge < -0.3 is 5.32 Å². The van der Waals surface area contributed by atoms with E-state index in [0.29, 0.717) is 5.02 Å². The first-order valence-corrected chi connectivity index (χ1v) is 6.33. The van der Waals surface area contributed by atoms with Crippen LogP contribution in [0.15, 0.2) is 48.5 Å². The van der Waals surface area contributed by atoms with Crippen molar-refractivity contribution < 1.29 is 4.39 Å². The fraction of sp³-hybridized carbons (Fsp3) is 0.200. The molecule has 0 fully saturated rings. The minimum absolute atomic E-state index is 0.0839. The summed E-state index contributed by atoms with van der Waals surface area (Å²) in [7, 11) is 0. The molecule has 18 heavy (non-hydrogen) atoms. The SMILES string of the molecule is CCNC(c1ccccc1)c1cc(F)ccc1Cl. The molecule has 0 saturated carbocycles. The van der Waals surface area contributed by atoms with E-state index in [0.717, 1.165) is 17.7 Å². The number of benzene rings is 2. The second-order valence-corrected chi connectivity index (χ2v) is 4.47. The standard InChI is InChI=1S/C15H15ClFN/c1-2-18-15(11-6-4-3-5-7-11)13-10-12(17)8-9-14(13)16/h3-10,15,18H,2H2,1H3. The molecule has 0 radical (unpaired) electrons. The van der Waals surface area contributed by atoms with Crippen molar-refractivity contribution in [1.29, 1.82) is 0 Å². The Hall–Kier alpha value is -1.38. The summed E-state index contributed by atoms with van der Waals surface area (Å²) >= 11 is 6.17. The van der Waals surface area contributed by atoms with E-state index in [2.05, 4.69) is 5.32 Å². The summed E-state index contributed by atoms with van der Waals surface area (Å²) < 4.78 is 13.4. The molecule has 0 amide bonds. The van der Waals surface area contributed by atoms with E-state index in [1.54, 1.807) is 6.07 Å². The summed E-state index contributed by atoms with van der Waals surface area (Å²) in [5, 5.41) is 3.91. The molecule has 0 saturated heterocycles. The first-order valence-electron chi connectivity index (χ1n) is 5.95. The van der Waals surface area contributed by atoms with Gasteiger partial charge in [0.1, 0.15) is 5.82 Å². The summed E-state index contributed by atoms with van der Waals surface area (Å²) in [4.78, 5) is 0. The van der Waals surface area contributed by atoms with Crippen LogP contribution in [0, 0.1) is 5.82 Å². The smallest absolute Gasteiger partial charge is 0.123 e. The van der Waals surface area contributed by atoms with E-state index >= 15 is 0 Å². The monoisotopic (exact) mass is 263 g/mol. The molecule has 0 heterocycles. The summed E-state index contributed by atoms with van der Waals surface area (Å²) in [6, 6.07) is 14.3. The molecule has 2 rings (SSSR count). The van der Waals surface area contributed by atoms with Gasteiger partial charge in [-0.2, -0.15) is 0 Å². The van der Waals surface area contributed by atoms with Crippen LogP contribution in [-0.2, 0) is 0 Å². The Morgan fingerprint density at radius 2 is 1.89 bits per heavy atom. The molecule has 0 spiro atoms. The average molecular weight is 264 g/mol. The van der Waals surface area contributed by atoms with Gasteiger partial charge in [-0.15, -0.1) is 0 Å². The number of hydrogen-bond donors (Lipinski definition) is 1. The van der Waals surface area contributed by atoms with Crippen molar-refractivity contribution >= 4 is 11.6 Å². The highest BCUT2D eigenvalue weighted by molar-refractivity contribution is 6.31. The zero-order chi connectivity index (χ0) is 13.0. The van der Waals surface area contributed by atoms with Crippen molar-refractivity contribution in [2.24, 2.45) is 0 Å². The second kappa shape index (κ2) is 5.98. The van der Waals surface area contributed by atoms with Crippen LogP contribution < -0.4 is 5.32 Å². The molecule has 1 atom stereocenters. The van der Waals surface area contributed by atoms with E-state index in [1.165, 1.54) is 12.1 Å². The maximum absolute atomic E-state index is 13.4. The van der Waals surface area contributed by atoms with Crippen LogP contribution in [0.4, 0.5) is 4.39 Å². The molecule has 2 aromatic carbocycles. The molecule has 3 heteroatoms. The molecule has 0 bridgehead atoms. The summed E-state index contributed by atoms with van der Waals surface area (Å²) in [6.45, 7) is 2.80. The Bertz CT molecular complexity index is 513. The Kier molecular flexibility index (Phi) is 4.34. The lowest BCUT2D eigenvalue weighted by Gasteiger charge is -2.20. The Morgan fingerprint density at radius 1 is 1.17 bits per heavy atom. The Morgan fingerprint density at radius 3 is 2.56 bits per heavy atom. The quantitative estimate of drug-likeness (QED) is 0.873. The van der Waals surface area contributed by atoms with Crippen molar-refractivity contribution in [2.75, 3.05) is 6.54 Å². The van der Waals surface area contributed by atoms with Crippen LogP contribution in [0.3, 0.4) is 0 Å². The molecule has 0 aliphatic rings. The number of halogens is 2. The van der Waals surface area contributed by atoms with E-state index in [4.69, 9.17) is 11.6 Å². The molecule has 1 nitrogen and oxygen atoms in total. The van der Waals surface area contributed by atoms with Crippen LogP contribution in [0.25, 0.3) is 0 Å². The maximum atomic E-state index is 13.4. The lowest BCUT2D eigenvalue weighted by molar-refractivity contribution is 0.603. The van der Waals surface area contributed by atoms with Crippen molar-refractivity contribution in [1.82, 2.24) is 5.32 Å². The predicted molar refractivity (Wildman–Crippen MR) is 73.4 cm³/mol. The van der Waals surface area contributed by atoms with E-state index in [9.17, 15) is 4.39 Å². The molecular weight excluding hydrogens is 249 g/mol. The normalized spacial score (nSPS) is 12.4. The minimum Gasteiger partial charge on any atom is -0.306 e. The van der Waals surface area contributed by atoms with Gasteiger partial charge in [-0.1, -0.05) is 48.9 Å². The maximum Gasteiger partial charge on any atom is 0.123 e.